The van der Waals surface area contributed by atoms with Crippen molar-refractivity contribution in [2.75, 3.05) is 19.6 Å². The topological polar surface area (TPSA) is 40.6 Å². The van der Waals surface area contributed by atoms with Gasteiger partial charge < -0.3 is 4.90 Å². The molecule has 0 amide bonds. The Bertz CT molecular complexity index is 883. The number of benzene rings is 2. The Morgan fingerprint density at radius 2 is 1.48 bits per heavy atom. The summed E-state index contributed by atoms with van der Waals surface area (Å²) in [5.41, 5.74) is 2.13. The fourth-order valence-electron chi connectivity index (χ4n) is 3.80. The fraction of sp³-hybridized carbons (Fsp3) is 0.538. The Hall–Kier alpha value is -1.69. The van der Waals surface area contributed by atoms with E-state index in [0.29, 0.717) is 11.4 Å². The highest BCUT2D eigenvalue weighted by molar-refractivity contribution is 7.89. The third kappa shape index (κ3) is 7.16. The molecule has 1 unspecified atom stereocenters. The second-order valence-corrected chi connectivity index (χ2v) is 11.2. The summed E-state index contributed by atoms with van der Waals surface area (Å²) >= 11 is 0. The van der Waals surface area contributed by atoms with E-state index in [2.05, 4.69) is 39.5 Å². The molecule has 31 heavy (non-hydrogen) atoms. The summed E-state index contributed by atoms with van der Waals surface area (Å²) in [4.78, 5) is 2.75. The van der Waals surface area contributed by atoms with Crippen molar-refractivity contribution in [3.05, 3.63) is 65.7 Å². The van der Waals surface area contributed by atoms with Crippen LogP contribution in [-0.2, 0) is 22.0 Å². The zero-order valence-corrected chi connectivity index (χ0v) is 21.0. The Balaban J connectivity index is 2.27. The molecule has 0 aromatic heterocycles. The molecule has 0 aliphatic heterocycles. The van der Waals surface area contributed by atoms with Crippen LogP contribution in [0.2, 0.25) is 0 Å². The minimum atomic E-state index is -3.60. The molecule has 0 aliphatic rings. The first-order valence-electron chi connectivity index (χ1n) is 11.5. The summed E-state index contributed by atoms with van der Waals surface area (Å²) in [7, 11) is -3.60. The standard InChI is InChI=1S/C26H40N2O2S/c1-7-27(8-2)20-12-13-22(3)28(21-23-14-10-9-11-15-23)31(29,30)25-18-16-24(17-19-25)26(4,5)6/h9-11,14-19,22H,7-8,12-13,20-21H2,1-6H3. The van der Waals surface area contributed by atoms with Gasteiger partial charge in [0, 0.05) is 12.6 Å². The molecule has 1 atom stereocenters. The lowest BCUT2D eigenvalue weighted by Crippen LogP contribution is -2.38. The first-order valence-corrected chi connectivity index (χ1v) is 12.9. The third-order valence-electron chi connectivity index (χ3n) is 5.99. The van der Waals surface area contributed by atoms with Crippen LogP contribution < -0.4 is 0 Å². The van der Waals surface area contributed by atoms with E-state index in [4.69, 9.17) is 0 Å². The van der Waals surface area contributed by atoms with Crippen molar-refractivity contribution in [1.82, 2.24) is 9.21 Å². The van der Waals surface area contributed by atoms with Gasteiger partial charge in [0.1, 0.15) is 0 Å². The molecular formula is C26H40N2O2S. The molecule has 2 aromatic rings. The van der Waals surface area contributed by atoms with Gasteiger partial charge in [-0.2, -0.15) is 4.31 Å². The van der Waals surface area contributed by atoms with E-state index >= 15 is 0 Å². The number of rotatable bonds is 11. The van der Waals surface area contributed by atoms with Crippen molar-refractivity contribution >= 4 is 10.0 Å². The third-order valence-corrected chi connectivity index (χ3v) is 7.96. The summed E-state index contributed by atoms with van der Waals surface area (Å²) in [6.07, 6.45) is 1.81. The molecule has 0 N–H and O–H groups in total. The molecule has 0 bridgehead atoms. The van der Waals surface area contributed by atoms with Crippen LogP contribution in [0.5, 0.6) is 0 Å². The zero-order valence-electron chi connectivity index (χ0n) is 20.1. The predicted octanol–water partition coefficient (Wildman–Crippen LogP) is 5.69. The van der Waals surface area contributed by atoms with Crippen LogP contribution >= 0.6 is 0 Å². The minimum absolute atomic E-state index is 0.0102. The lowest BCUT2D eigenvalue weighted by molar-refractivity contribution is 0.265. The summed E-state index contributed by atoms with van der Waals surface area (Å²) in [6.45, 7) is 16.2. The highest BCUT2D eigenvalue weighted by Gasteiger charge is 2.29. The van der Waals surface area contributed by atoms with Crippen LogP contribution in [0.1, 0.15) is 65.5 Å². The smallest absolute Gasteiger partial charge is 0.243 e. The monoisotopic (exact) mass is 444 g/mol. The van der Waals surface area contributed by atoms with Crippen molar-refractivity contribution in [3.63, 3.8) is 0 Å². The van der Waals surface area contributed by atoms with E-state index in [0.717, 1.165) is 43.6 Å². The molecule has 0 fully saturated rings. The predicted molar refractivity (Wildman–Crippen MR) is 131 cm³/mol. The van der Waals surface area contributed by atoms with Crippen molar-refractivity contribution in [2.24, 2.45) is 0 Å². The largest absolute Gasteiger partial charge is 0.304 e. The van der Waals surface area contributed by atoms with Gasteiger partial charge in [0.25, 0.3) is 0 Å². The van der Waals surface area contributed by atoms with Gasteiger partial charge in [0.15, 0.2) is 0 Å². The van der Waals surface area contributed by atoms with Crippen LogP contribution in [0.15, 0.2) is 59.5 Å². The molecule has 172 valence electrons. The van der Waals surface area contributed by atoms with Gasteiger partial charge in [-0.25, -0.2) is 8.42 Å². The highest BCUT2D eigenvalue weighted by Crippen LogP contribution is 2.27. The van der Waals surface area contributed by atoms with Crippen molar-refractivity contribution in [3.8, 4) is 0 Å². The lowest BCUT2D eigenvalue weighted by Gasteiger charge is -2.30. The molecular weight excluding hydrogens is 404 g/mol. The maximum absolute atomic E-state index is 13.7. The average molecular weight is 445 g/mol. The first kappa shape index (κ1) is 25.6. The van der Waals surface area contributed by atoms with E-state index < -0.39 is 10.0 Å². The van der Waals surface area contributed by atoms with Crippen LogP contribution in [0.4, 0.5) is 0 Å². The average Bonchev–Trinajstić information content (AvgIpc) is 2.75. The van der Waals surface area contributed by atoms with Crippen LogP contribution in [0.3, 0.4) is 0 Å². The van der Waals surface area contributed by atoms with Crippen molar-refractivity contribution in [2.45, 2.75) is 77.3 Å². The van der Waals surface area contributed by atoms with Gasteiger partial charge >= 0.3 is 0 Å². The van der Waals surface area contributed by atoms with E-state index in [-0.39, 0.29) is 11.5 Å². The summed E-state index contributed by atoms with van der Waals surface area (Å²) < 4.78 is 29.0. The maximum atomic E-state index is 13.7. The summed E-state index contributed by atoms with van der Waals surface area (Å²) in [5.74, 6) is 0. The second kappa shape index (κ2) is 11.3. The molecule has 0 radical (unpaired) electrons. The van der Waals surface area contributed by atoms with Gasteiger partial charge in [-0.3, -0.25) is 0 Å². The van der Waals surface area contributed by atoms with Gasteiger partial charge in [-0.1, -0.05) is 77.1 Å². The van der Waals surface area contributed by atoms with Crippen LogP contribution in [0, 0.1) is 0 Å². The Labute approximate surface area is 190 Å². The molecule has 2 aromatic carbocycles. The lowest BCUT2D eigenvalue weighted by atomic mass is 9.87. The molecule has 5 heteroatoms. The minimum Gasteiger partial charge on any atom is -0.304 e. The number of sulfonamides is 1. The van der Waals surface area contributed by atoms with Gasteiger partial charge in [0.2, 0.25) is 10.0 Å². The number of nitrogens with zero attached hydrogens (tertiary/aromatic N) is 2. The van der Waals surface area contributed by atoms with Gasteiger partial charge in [0.05, 0.1) is 4.90 Å². The summed E-state index contributed by atoms with van der Waals surface area (Å²) in [6, 6.07) is 17.2. The second-order valence-electron chi connectivity index (χ2n) is 9.33. The quantitative estimate of drug-likeness (QED) is 0.447. The Morgan fingerprint density at radius 3 is 2.00 bits per heavy atom. The molecule has 0 spiro atoms. The summed E-state index contributed by atoms with van der Waals surface area (Å²) in [5, 5.41) is 0. The van der Waals surface area contributed by atoms with Gasteiger partial charge in [-0.15, -0.1) is 0 Å². The highest BCUT2D eigenvalue weighted by atomic mass is 32.2. The number of hydrogen-bond acceptors (Lipinski definition) is 3. The SMILES string of the molecule is CCN(CC)CCCC(C)N(Cc1ccccc1)S(=O)(=O)c1ccc(C(C)(C)C)cc1. The fourth-order valence-corrected chi connectivity index (χ4v) is 5.45. The molecule has 0 saturated heterocycles. The molecule has 0 aliphatic carbocycles. The van der Waals surface area contributed by atoms with E-state index in [1.165, 1.54) is 0 Å². The Morgan fingerprint density at radius 1 is 0.903 bits per heavy atom. The normalized spacial score (nSPS) is 13.7. The molecule has 0 saturated carbocycles. The van der Waals surface area contributed by atoms with Crippen LogP contribution in [-0.4, -0.2) is 43.3 Å². The molecule has 4 nitrogen and oxygen atoms in total. The molecule has 2 rings (SSSR count). The first-order chi connectivity index (χ1) is 14.6. The van der Waals surface area contributed by atoms with Crippen LogP contribution in [0.25, 0.3) is 0 Å². The van der Waals surface area contributed by atoms with E-state index in [1.807, 2.05) is 49.4 Å². The number of hydrogen-bond donors (Lipinski definition) is 0. The van der Waals surface area contributed by atoms with E-state index in [1.54, 1.807) is 16.4 Å². The zero-order chi connectivity index (χ0) is 23.1. The molecule has 0 heterocycles. The van der Waals surface area contributed by atoms with Crippen molar-refractivity contribution in [1.29, 1.82) is 0 Å². The Kier molecular flexibility index (Phi) is 9.28. The maximum Gasteiger partial charge on any atom is 0.243 e. The van der Waals surface area contributed by atoms with E-state index in [9.17, 15) is 8.42 Å². The van der Waals surface area contributed by atoms with Gasteiger partial charge in [-0.05, 0) is 68.1 Å². The van der Waals surface area contributed by atoms with Crippen molar-refractivity contribution < 1.29 is 8.42 Å².